The third-order valence-corrected chi connectivity index (χ3v) is 2.60. The molecule has 2 aromatic rings. The molecule has 0 radical (unpaired) electrons. The van der Waals surface area contributed by atoms with Crippen molar-refractivity contribution in [2.45, 2.75) is 13.5 Å². The summed E-state index contributed by atoms with van der Waals surface area (Å²) in [7, 11) is 0. The Morgan fingerprint density at radius 1 is 1.56 bits per heavy atom. The van der Waals surface area contributed by atoms with Gasteiger partial charge in [0.05, 0.1) is 22.8 Å². The van der Waals surface area contributed by atoms with Gasteiger partial charge in [0.25, 0.3) is 5.91 Å². The maximum Gasteiger partial charge on any atom is 0.253 e. The molecule has 94 valence electrons. The molecule has 0 atom stereocenters. The molecule has 2 rings (SSSR count). The van der Waals surface area contributed by atoms with Gasteiger partial charge in [0.1, 0.15) is 0 Å². The standard InChI is InChI=1S/C11H11ClN4O2/c1-6-15-9(16-18-6)5-14-11(17)7-3-2-4-8(12)10(7)13/h2-4H,5,13H2,1H3,(H,14,17). The van der Waals surface area contributed by atoms with Gasteiger partial charge in [-0.2, -0.15) is 4.98 Å². The Balaban J connectivity index is 2.06. The van der Waals surface area contributed by atoms with Crippen molar-refractivity contribution in [3.8, 4) is 0 Å². The zero-order valence-corrected chi connectivity index (χ0v) is 10.4. The van der Waals surface area contributed by atoms with Crippen LogP contribution in [0.15, 0.2) is 22.7 Å². The molecule has 7 heteroatoms. The largest absolute Gasteiger partial charge is 0.397 e. The maximum atomic E-state index is 11.9. The van der Waals surface area contributed by atoms with Crippen molar-refractivity contribution in [2.24, 2.45) is 0 Å². The number of benzene rings is 1. The average Bonchev–Trinajstić information content (AvgIpc) is 2.76. The minimum absolute atomic E-state index is 0.169. The molecule has 0 fully saturated rings. The molecule has 18 heavy (non-hydrogen) atoms. The number of nitrogens with zero attached hydrogens (tertiary/aromatic N) is 2. The van der Waals surface area contributed by atoms with Crippen LogP contribution < -0.4 is 11.1 Å². The van der Waals surface area contributed by atoms with E-state index in [2.05, 4.69) is 15.5 Å². The SMILES string of the molecule is Cc1nc(CNC(=O)c2cccc(Cl)c2N)no1. The molecule has 1 amide bonds. The molecule has 0 aliphatic rings. The second kappa shape index (κ2) is 5.05. The van der Waals surface area contributed by atoms with Crippen molar-refractivity contribution in [3.05, 3.63) is 40.5 Å². The average molecular weight is 267 g/mol. The summed E-state index contributed by atoms with van der Waals surface area (Å²) in [5.74, 6) is 0.514. The summed E-state index contributed by atoms with van der Waals surface area (Å²) < 4.78 is 4.79. The van der Waals surface area contributed by atoms with Crippen molar-refractivity contribution >= 4 is 23.2 Å². The summed E-state index contributed by atoms with van der Waals surface area (Å²) in [6, 6.07) is 4.88. The van der Waals surface area contributed by atoms with Gasteiger partial charge in [-0.05, 0) is 12.1 Å². The minimum Gasteiger partial charge on any atom is -0.397 e. The number of hydrogen-bond donors (Lipinski definition) is 2. The van der Waals surface area contributed by atoms with Crippen LogP contribution in [0.1, 0.15) is 22.1 Å². The lowest BCUT2D eigenvalue weighted by Gasteiger charge is -2.06. The van der Waals surface area contributed by atoms with Crippen LogP contribution in [0.4, 0.5) is 5.69 Å². The van der Waals surface area contributed by atoms with Gasteiger partial charge in [0, 0.05) is 6.92 Å². The van der Waals surface area contributed by atoms with Gasteiger partial charge in [0.2, 0.25) is 5.89 Å². The van der Waals surface area contributed by atoms with E-state index in [1.807, 2.05) is 0 Å². The summed E-state index contributed by atoms with van der Waals surface area (Å²) in [5.41, 5.74) is 6.29. The van der Waals surface area contributed by atoms with Crippen LogP contribution in [0.25, 0.3) is 0 Å². The minimum atomic E-state index is -0.336. The molecule has 0 aliphatic carbocycles. The zero-order chi connectivity index (χ0) is 13.1. The Morgan fingerprint density at radius 3 is 3.00 bits per heavy atom. The molecule has 1 aromatic heterocycles. The molecular weight excluding hydrogens is 256 g/mol. The van der Waals surface area contributed by atoms with Gasteiger partial charge < -0.3 is 15.6 Å². The Morgan fingerprint density at radius 2 is 2.33 bits per heavy atom. The molecule has 0 saturated carbocycles. The van der Waals surface area contributed by atoms with Crippen LogP contribution in [0.3, 0.4) is 0 Å². The van der Waals surface area contributed by atoms with Gasteiger partial charge in [-0.3, -0.25) is 4.79 Å². The van der Waals surface area contributed by atoms with Gasteiger partial charge in [-0.15, -0.1) is 0 Å². The van der Waals surface area contributed by atoms with Crippen molar-refractivity contribution in [1.29, 1.82) is 0 Å². The highest BCUT2D eigenvalue weighted by molar-refractivity contribution is 6.33. The summed E-state index contributed by atoms with van der Waals surface area (Å²) in [5, 5.41) is 6.64. The van der Waals surface area contributed by atoms with Gasteiger partial charge in [-0.1, -0.05) is 22.8 Å². The Hall–Kier alpha value is -2.08. The fraction of sp³-hybridized carbons (Fsp3) is 0.182. The Bertz CT molecular complexity index is 582. The predicted molar refractivity (Wildman–Crippen MR) is 66.1 cm³/mol. The number of nitrogens with one attached hydrogen (secondary N) is 1. The van der Waals surface area contributed by atoms with Crippen LogP contribution in [0.5, 0.6) is 0 Å². The lowest BCUT2D eigenvalue weighted by Crippen LogP contribution is -2.24. The number of aromatic nitrogens is 2. The number of anilines is 1. The fourth-order valence-electron chi connectivity index (χ4n) is 1.40. The lowest BCUT2D eigenvalue weighted by molar-refractivity contribution is 0.0950. The highest BCUT2D eigenvalue weighted by atomic mass is 35.5. The molecule has 0 bridgehead atoms. The van der Waals surface area contributed by atoms with E-state index in [1.165, 1.54) is 0 Å². The Kier molecular flexibility index (Phi) is 3.47. The number of halogens is 1. The number of para-hydroxylation sites is 1. The quantitative estimate of drug-likeness (QED) is 0.822. The number of carbonyl (C=O) groups is 1. The van der Waals surface area contributed by atoms with Gasteiger partial charge in [0.15, 0.2) is 5.82 Å². The molecule has 0 aliphatic heterocycles. The molecule has 0 unspecified atom stereocenters. The van der Waals surface area contributed by atoms with Gasteiger partial charge >= 0.3 is 0 Å². The van der Waals surface area contributed by atoms with Crippen LogP contribution in [0.2, 0.25) is 5.02 Å². The first-order chi connectivity index (χ1) is 8.58. The second-order valence-electron chi connectivity index (χ2n) is 3.61. The first-order valence-electron chi connectivity index (χ1n) is 5.19. The highest BCUT2D eigenvalue weighted by Gasteiger charge is 2.12. The van der Waals surface area contributed by atoms with Crippen molar-refractivity contribution < 1.29 is 9.32 Å². The highest BCUT2D eigenvalue weighted by Crippen LogP contribution is 2.22. The third-order valence-electron chi connectivity index (χ3n) is 2.27. The van der Waals surface area contributed by atoms with E-state index >= 15 is 0 Å². The molecule has 0 spiro atoms. The number of nitrogen functional groups attached to an aromatic ring is 1. The van der Waals surface area contributed by atoms with Crippen molar-refractivity contribution in [2.75, 3.05) is 5.73 Å². The van der Waals surface area contributed by atoms with Crippen LogP contribution >= 0.6 is 11.6 Å². The van der Waals surface area contributed by atoms with Crippen LogP contribution in [-0.2, 0) is 6.54 Å². The van der Waals surface area contributed by atoms with Crippen LogP contribution in [0, 0.1) is 6.92 Å². The second-order valence-corrected chi connectivity index (χ2v) is 4.02. The summed E-state index contributed by atoms with van der Waals surface area (Å²) in [4.78, 5) is 15.8. The third kappa shape index (κ3) is 2.60. The van der Waals surface area contributed by atoms with Crippen molar-refractivity contribution in [1.82, 2.24) is 15.5 Å². The number of nitrogens with two attached hydrogens (primary N) is 1. The molecule has 3 N–H and O–H groups in total. The van der Waals surface area contributed by atoms with Gasteiger partial charge in [-0.25, -0.2) is 0 Å². The smallest absolute Gasteiger partial charge is 0.253 e. The van der Waals surface area contributed by atoms with E-state index in [0.29, 0.717) is 22.3 Å². The van der Waals surface area contributed by atoms with Crippen molar-refractivity contribution in [3.63, 3.8) is 0 Å². The molecule has 1 heterocycles. The summed E-state index contributed by atoms with van der Waals surface area (Å²) >= 11 is 5.83. The number of aryl methyl sites for hydroxylation is 1. The fourth-order valence-corrected chi connectivity index (χ4v) is 1.58. The molecule has 0 saturated heterocycles. The topological polar surface area (TPSA) is 94.0 Å². The molecule has 6 nitrogen and oxygen atoms in total. The van der Waals surface area contributed by atoms with E-state index in [4.69, 9.17) is 21.9 Å². The normalized spacial score (nSPS) is 10.3. The summed E-state index contributed by atoms with van der Waals surface area (Å²) in [6.45, 7) is 1.84. The van der Waals surface area contributed by atoms with E-state index in [-0.39, 0.29) is 18.1 Å². The van der Waals surface area contributed by atoms with E-state index < -0.39 is 0 Å². The van der Waals surface area contributed by atoms with E-state index in [1.54, 1.807) is 25.1 Å². The monoisotopic (exact) mass is 266 g/mol. The van der Waals surface area contributed by atoms with E-state index in [9.17, 15) is 4.79 Å². The zero-order valence-electron chi connectivity index (χ0n) is 9.61. The first-order valence-corrected chi connectivity index (χ1v) is 5.57. The first kappa shape index (κ1) is 12.4. The number of carbonyl (C=O) groups excluding carboxylic acids is 1. The molecular formula is C11H11ClN4O2. The predicted octanol–water partition coefficient (Wildman–Crippen LogP) is 1.54. The Labute approximate surface area is 108 Å². The van der Waals surface area contributed by atoms with Crippen LogP contribution in [-0.4, -0.2) is 16.0 Å². The number of rotatable bonds is 3. The maximum absolute atomic E-state index is 11.9. The number of hydrogen-bond acceptors (Lipinski definition) is 5. The van der Waals surface area contributed by atoms with E-state index in [0.717, 1.165) is 0 Å². The summed E-state index contributed by atoms with van der Waals surface area (Å²) in [6.07, 6.45) is 0. The lowest BCUT2D eigenvalue weighted by atomic mass is 10.1. The molecule has 1 aromatic carbocycles. The number of amides is 1.